The van der Waals surface area contributed by atoms with Crippen LogP contribution in [0.25, 0.3) is 17.0 Å². The Bertz CT molecular complexity index is 907. The molecule has 1 aromatic carbocycles. The Morgan fingerprint density at radius 2 is 2.17 bits per heavy atom. The Morgan fingerprint density at radius 3 is 2.92 bits per heavy atom. The lowest BCUT2D eigenvalue weighted by molar-refractivity contribution is -0.117. The van der Waals surface area contributed by atoms with Gasteiger partial charge in [0.2, 0.25) is 11.9 Å². The van der Waals surface area contributed by atoms with Crippen LogP contribution in [-0.2, 0) is 11.3 Å². The summed E-state index contributed by atoms with van der Waals surface area (Å²) in [7, 11) is 0. The van der Waals surface area contributed by atoms with Crippen LogP contribution in [-0.4, -0.2) is 37.0 Å². The fraction of sp³-hybridized carbons (Fsp3) is 0.353. The summed E-state index contributed by atoms with van der Waals surface area (Å²) in [5, 5.41) is 16.9. The van der Waals surface area contributed by atoms with Gasteiger partial charge >= 0.3 is 0 Å². The van der Waals surface area contributed by atoms with Crippen LogP contribution in [0.1, 0.15) is 18.5 Å². The summed E-state index contributed by atoms with van der Waals surface area (Å²) < 4.78 is 3.56. The molecule has 0 atom stereocenters. The summed E-state index contributed by atoms with van der Waals surface area (Å²) in [4.78, 5) is 16.8. The molecule has 1 saturated carbocycles. The van der Waals surface area contributed by atoms with E-state index >= 15 is 0 Å². The molecular weight excluding hydrogens is 306 g/mol. The minimum absolute atomic E-state index is 0.00261. The van der Waals surface area contributed by atoms with E-state index in [1.54, 1.807) is 4.68 Å². The number of anilines is 1. The Kier molecular flexibility index (Phi) is 3.57. The second-order valence-electron chi connectivity index (χ2n) is 6.12. The minimum Gasteiger partial charge on any atom is -0.395 e. The number of para-hydroxylation sites is 2. The van der Waals surface area contributed by atoms with Crippen LogP contribution in [0.3, 0.4) is 0 Å². The van der Waals surface area contributed by atoms with E-state index in [-0.39, 0.29) is 18.4 Å². The summed E-state index contributed by atoms with van der Waals surface area (Å²) in [6.07, 6.45) is 1.89. The molecule has 0 radical (unpaired) electrons. The first-order chi connectivity index (χ1) is 11.7. The molecule has 1 aliphatic rings. The van der Waals surface area contributed by atoms with Crippen LogP contribution in [0.15, 0.2) is 30.3 Å². The molecule has 0 bridgehead atoms. The third kappa shape index (κ3) is 2.56. The van der Waals surface area contributed by atoms with Crippen molar-refractivity contribution in [2.75, 3.05) is 11.9 Å². The zero-order valence-electron chi connectivity index (χ0n) is 13.4. The van der Waals surface area contributed by atoms with E-state index in [1.165, 1.54) is 0 Å². The zero-order chi connectivity index (χ0) is 16.7. The maximum Gasteiger partial charge on any atom is 0.233 e. The Hall–Kier alpha value is -2.67. The standard InChI is InChI=1S/C17H19N5O2/c1-11-10-15(19-16(24)12-6-7-12)22(20-11)17-18-13-4-2-3-5-14(13)21(17)8-9-23/h2-5,10,12,23H,6-9H2,1H3,(H,19,24). The molecule has 7 nitrogen and oxygen atoms in total. The summed E-state index contributed by atoms with van der Waals surface area (Å²) in [6.45, 7) is 2.28. The van der Waals surface area contributed by atoms with Crippen LogP contribution >= 0.6 is 0 Å². The smallest absolute Gasteiger partial charge is 0.233 e. The number of carbonyl (C=O) groups is 1. The van der Waals surface area contributed by atoms with E-state index in [4.69, 9.17) is 0 Å². The average molecular weight is 325 g/mol. The van der Waals surface area contributed by atoms with Gasteiger partial charge in [0.25, 0.3) is 0 Å². The van der Waals surface area contributed by atoms with Gasteiger partial charge in [-0.05, 0) is 31.9 Å². The summed E-state index contributed by atoms with van der Waals surface area (Å²) >= 11 is 0. The lowest BCUT2D eigenvalue weighted by atomic mass is 10.3. The first kappa shape index (κ1) is 14.9. The monoisotopic (exact) mass is 325 g/mol. The Labute approximate surface area is 138 Å². The number of nitrogens with zero attached hydrogens (tertiary/aromatic N) is 4. The molecule has 24 heavy (non-hydrogen) atoms. The van der Waals surface area contributed by atoms with Gasteiger partial charge in [-0.2, -0.15) is 9.78 Å². The maximum atomic E-state index is 12.1. The Balaban J connectivity index is 1.82. The Morgan fingerprint density at radius 1 is 1.38 bits per heavy atom. The number of hydrogen-bond acceptors (Lipinski definition) is 4. The van der Waals surface area contributed by atoms with E-state index in [1.807, 2.05) is 41.8 Å². The number of aliphatic hydroxyl groups excluding tert-OH is 1. The van der Waals surface area contributed by atoms with Gasteiger partial charge in [0.1, 0.15) is 5.82 Å². The fourth-order valence-electron chi connectivity index (χ4n) is 2.86. The SMILES string of the molecule is Cc1cc(NC(=O)C2CC2)n(-c2nc3ccccc3n2CCO)n1. The van der Waals surface area contributed by atoms with E-state index < -0.39 is 0 Å². The number of benzene rings is 1. The highest BCUT2D eigenvalue weighted by molar-refractivity contribution is 5.93. The van der Waals surface area contributed by atoms with Crippen LogP contribution in [0.2, 0.25) is 0 Å². The lowest BCUT2D eigenvalue weighted by Gasteiger charge is -2.10. The molecular formula is C17H19N5O2. The second kappa shape index (κ2) is 5.76. The van der Waals surface area contributed by atoms with Crippen LogP contribution < -0.4 is 5.32 Å². The normalized spacial score (nSPS) is 14.2. The van der Waals surface area contributed by atoms with Crippen LogP contribution in [0, 0.1) is 12.8 Å². The molecule has 2 heterocycles. The number of rotatable bonds is 5. The van der Waals surface area contributed by atoms with Crippen molar-refractivity contribution in [3.8, 4) is 5.95 Å². The molecule has 0 aliphatic heterocycles. The van der Waals surface area contributed by atoms with E-state index in [2.05, 4.69) is 15.4 Å². The number of aromatic nitrogens is 4. The molecule has 7 heteroatoms. The highest BCUT2D eigenvalue weighted by Gasteiger charge is 2.30. The molecule has 124 valence electrons. The van der Waals surface area contributed by atoms with Gasteiger partial charge in [-0.25, -0.2) is 4.98 Å². The van der Waals surface area contributed by atoms with Gasteiger partial charge in [0.15, 0.2) is 0 Å². The molecule has 1 amide bonds. The van der Waals surface area contributed by atoms with Crippen molar-refractivity contribution in [2.24, 2.45) is 5.92 Å². The number of nitrogens with one attached hydrogen (secondary N) is 1. The third-order valence-corrected chi connectivity index (χ3v) is 4.18. The topological polar surface area (TPSA) is 85.0 Å². The summed E-state index contributed by atoms with van der Waals surface area (Å²) in [5.41, 5.74) is 2.55. The first-order valence-corrected chi connectivity index (χ1v) is 8.11. The molecule has 1 fully saturated rings. The third-order valence-electron chi connectivity index (χ3n) is 4.18. The number of amides is 1. The number of aryl methyl sites for hydroxylation is 1. The first-order valence-electron chi connectivity index (χ1n) is 8.11. The number of aliphatic hydroxyl groups is 1. The lowest BCUT2D eigenvalue weighted by Crippen LogP contribution is -2.18. The van der Waals surface area contributed by atoms with Crippen LogP contribution in [0.4, 0.5) is 5.82 Å². The predicted molar refractivity (Wildman–Crippen MR) is 90.0 cm³/mol. The minimum atomic E-state index is -0.00261. The molecule has 1 aliphatic carbocycles. The van der Waals surface area contributed by atoms with Gasteiger partial charge in [-0.1, -0.05) is 12.1 Å². The molecule has 0 unspecified atom stereocenters. The van der Waals surface area contributed by atoms with E-state index in [0.717, 1.165) is 29.6 Å². The van der Waals surface area contributed by atoms with Gasteiger partial charge < -0.3 is 15.0 Å². The van der Waals surface area contributed by atoms with Crippen molar-refractivity contribution in [1.29, 1.82) is 0 Å². The summed E-state index contributed by atoms with van der Waals surface area (Å²) in [5.74, 6) is 1.34. The quantitative estimate of drug-likeness (QED) is 0.750. The summed E-state index contributed by atoms with van der Waals surface area (Å²) in [6, 6.07) is 9.58. The van der Waals surface area contributed by atoms with Gasteiger partial charge in [-0.3, -0.25) is 4.79 Å². The fourth-order valence-corrected chi connectivity index (χ4v) is 2.86. The zero-order valence-corrected chi connectivity index (χ0v) is 13.4. The number of imidazole rings is 1. The van der Waals surface area contributed by atoms with Crippen molar-refractivity contribution < 1.29 is 9.90 Å². The molecule has 3 aromatic rings. The van der Waals surface area contributed by atoms with Gasteiger partial charge in [0.05, 0.1) is 23.3 Å². The number of carbonyl (C=O) groups excluding carboxylic acids is 1. The predicted octanol–water partition coefficient (Wildman–Crippen LogP) is 1.87. The second-order valence-corrected chi connectivity index (χ2v) is 6.12. The number of fused-ring (bicyclic) bond motifs is 1. The molecule has 0 saturated heterocycles. The van der Waals surface area contributed by atoms with E-state index in [9.17, 15) is 9.90 Å². The largest absolute Gasteiger partial charge is 0.395 e. The van der Waals surface area contributed by atoms with Gasteiger partial charge in [-0.15, -0.1) is 0 Å². The van der Waals surface area contributed by atoms with Crippen molar-refractivity contribution >= 4 is 22.8 Å². The molecule has 4 rings (SSSR count). The van der Waals surface area contributed by atoms with Crippen molar-refractivity contribution in [3.63, 3.8) is 0 Å². The van der Waals surface area contributed by atoms with Crippen LogP contribution in [0.5, 0.6) is 0 Å². The highest BCUT2D eigenvalue weighted by Crippen LogP contribution is 2.31. The average Bonchev–Trinajstić information content (AvgIpc) is 3.28. The highest BCUT2D eigenvalue weighted by atomic mass is 16.3. The molecule has 2 aromatic heterocycles. The molecule has 2 N–H and O–H groups in total. The maximum absolute atomic E-state index is 12.1. The number of hydrogen-bond donors (Lipinski definition) is 2. The van der Waals surface area contributed by atoms with E-state index in [0.29, 0.717) is 18.3 Å². The van der Waals surface area contributed by atoms with Crippen molar-refractivity contribution in [2.45, 2.75) is 26.3 Å². The van der Waals surface area contributed by atoms with Crippen molar-refractivity contribution in [3.05, 3.63) is 36.0 Å². The van der Waals surface area contributed by atoms with Gasteiger partial charge in [0, 0.05) is 18.5 Å². The van der Waals surface area contributed by atoms with Crippen molar-refractivity contribution in [1.82, 2.24) is 19.3 Å². The molecule has 0 spiro atoms.